The summed E-state index contributed by atoms with van der Waals surface area (Å²) in [5.41, 5.74) is 1.81. The van der Waals surface area contributed by atoms with Crippen molar-refractivity contribution in [3.05, 3.63) is 54.1 Å². The minimum absolute atomic E-state index is 0.180. The number of carbonyl (C=O) groups excluding carboxylic acids is 1. The van der Waals surface area contributed by atoms with Gasteiger partial charge in [-0.25, -0.2) is 0 Å². The van der Waals surface area contributed by atoms with E-state index in [9.17, 15) is 4.79 Å². The van der Waals surface area contributed by atoms with E-state index in [1.165, 1.54) is 0 Å². The Balaban J connectivity index is 1.97. The summed E-state index contributed by atoms with van der Waals surface area (Å²) in [6.45, 7) is 6.36. The molecule has 1 atom stereocenters. The number of para-hydroxylation sites is 1. The van der Waals surface area contributed by atoms with Gasteiger partial charge >= 0.3 is 0 Å². The Morgan fingerprint density at radius 2 is 1.78 bits per heavy atom. The molecule has 23 heavy (non-hydrogen) atoms. The van der Waals surface area contributed by atoms with Crippen LogP contribution in [0.2, 0.25) is 0 Å². The highest BCUT2D eigenvalue weighted by Gasteiger charge is 2.16. The lowest BCUT2D eigenvalue weighted by atomic mass is 10.1. The molecule has 0 radical (unpaired) electrons. The van der Waals surface area contributed by atoms with E-state index in [0.29, 0.717) is 6.61 Å². The van der Waals surface area contributed by atoms with E-state index in [1.807, 2.05) is 55.5 Å². The molecule has 0 aliphatic carbocycles. The topological polar surface area (TPSA) is 47.6 Å². The van der Waals surface area contributed by atoms with Gasteiger partial charge in [0.15, 0.2) is 6.10 Å². The predicted octanol–water partition coefficient (Wildman–Crippen LogP) is 4.05. The van der Waals surface area contributed by atoms with Gasteiger partial charge in [-0.3, -0.25) is 4.79 Å². The minimum Gasteiger partial charge on any atom is -0.494 e. The molecule has 122 valence electrons. The maximum Gasteiger partial charge on any atom is 0.265 e. The summed E-state index contributed by atoms with van der Waals surface area (Å²) >= 11 is 0. The van der Waals surface area contributed by atoms with Crippen LogP contribution in [0.25, 0.3) is 0 Å². The largest absolute Gasteiger partial charge is 0.494 e. The molecule has 1 amide bonds. The molecule has 0 spiro atoms. The zero-order valence-electron chi connectivity index (χ0n) is 13.8. The van der Waals surface area contributed by atoms with Gasteiger partial charge in [-0.05, 0) is 56.2 Å². The van der Waals surface area contributed by atoms with Gasteiger partial charge in [0.05, 0.1) is 6.61 Å². The average molecular weight is 313 g/mol. The van der Waals surface area contributed by atoms with Gasteiger partial charge in [-0.15, -0.1) is 0 Å². The second-order valence-corrected chi connectivity index (χ2v) is 5.17. The molecular formula is C19H23NO3. The molecule has 0 aliphatic heterocycles. The molecule has 0 fully saturated rings. The molecule has 0 heterocycles. The van der Waals surface area contributed by atoms with Crippen molar-refractivity contribution < 1.29 is 14.3 Å². The lowest BCUT2D eigenvalue weighted by Crippen LogP contribution is -2.30. The second-order valence-electron chi connectivity index (χ2n) is 5.17. The molecule has 1 N–H and O–H groups in total. The first-order valence-corrected chi connectivity index (χ1v) is 7.92. The Morgan fingerprint density at radius 3 is 2.43 bits per heavy atom. The standard InChI is InChI=1S/C19H23NO3/c1-4-15-8-6-7-9-18(15)23-14(3)19(21)20-16-10-12-17(13-11-16)22-5-2/h6-14H,4-5H2,1-3H3,(H,20,21)/t14-/m1/s1. The Morgan fingerprint density at radius 1 is 1.09 bits per heavy atom. The highest BCUT2D eigenvalue weighted by Crippen LogP contribution is 2.20. The fourth-order valence-corrected chi connectivity index (χ4v) is 2.20. The third-order valence-electron chi connectivity index (χ3n) is 3.46. The van der Waals surface area contributed by atoms with Crippen LogP contribution in [-0.4, -0.2) is 18.6 Å². The summed E-state index contributed by atoms with van der Waals surface area (Å²) < 4.78 is 11.2. The van der Waals surface area contributed by atoms with Crippen LogP contribution in [-0.2, 0) is 11.2 Å². The number of nitrogens with one attached hydrogen (secondary N) is 1. The molecule has 2 rings (SSSR count). The highest BCUT2D eigenvalue weighted by molar-refractivity contribution is 5.94. The number of anilines is 1. The van der Waals surface area contributed by atoms with Crippen molar-refractivity contribution in [2.45, 2.75) is 33.3 Å². The van der Waals surface area contributed by atoms with Crippen LogP contribution in [0.1, 0.15) is 26.3 Å². The first-order chi connectivity index (χ1) is 11.1. The van der Waals surface area contributed by atoms with E-state index in [0.717, 1.165) is 29.2 Å². The van der Waals surface area contributed by atoms with E-state index >= 15 is 0 Å². The van der Waals surface area contributed by atoms with Crippen molar-refractivity contribution in [3.63, 3.8) is 0 Å². The minimum atomic E-state index is -0.575. The molecule has 0 bridgehead atoms. The van der Waals surface area contributed by atoms with Crippen LogP contribution in [0.5, 0.6) is 11.5 Å². The summed E-state index contributed by atoms with van der Waals surface area (Å²) in [4.78, 5) is 12.3. The number of benzene rings is 2. The lowest BCUT2D eigenvalue weighted by Gasteiger charge is -2.17. The Bertz CT molecular complexity index is 637. The van der Waals surface area contributed by atoms with Gasteiger partial charge in [0.2, 0.25) is 0 Å². The zero-order chi connectivity index (χ0) is 16.7. The van der Waals surface area contributed by atoms with Crippen LogP contribution in [0.15, 0.2) is 48.5 Å². The number of amides is 1. The number of hydrogen-bond acceptors (Lipinski definition) is 3. The maximum atomic E-state index is 12.3. The number of rotatable bonds is 7. The van der Waals surface area contributed by atoms with Crippen LogP contribution in [0.3, 0.4) is 0 Å². The van der Waals surface area contributed by atoms with Gasteiger partial charge < -0.3 is 14.8 Å². The van der Waals surface area contributed by atoms with E-state index in [-0.39, 0.29) is 5.91 Å². The van der Waals surface area contributed by atoms with Gasteiger partial charge in [0.25, 0.3) is 5.91 Å². The third-order valence-corrected chi connectivity index (χ3v) is 3.46. The van der Waals surface area contributed by atoms with Gasteiger partial charge in [-0.2, -0.15) is 0 Å². The molecule has 0 unspecified atom stereocenters. The number of hydrogen-bond donors (Lipinski definition) is 1. The molecule has 0 aromatic heterocycles. The van der Waals surface area contributed by atoms with Crippen molar-refractivity contribution in [3.8, 4) is 11.5 Å². The SMILES string of the molecule is CCOc1ccc(NC(=O)[C@@H](C)Oc2ccccc2CC)cc1. The molecule has 4 heteroatoms. The second kappa shape index (κ2) is 8.22. The lowest BCUT2D eigenvalue weighted by molar-refractivity contribution is -0.122. The maximum absolute atomic E-state index is 12.3. The van der Waals surface area contributed by atoms with Crippen LogP contribution in [0, 0.1) is 0 Å². The van der Waals surface area contributed by atoms with Crippen molar-refractivity contribution in [2.24, 2.45) is 0 Å². The van der Waals surface area contributed by atoms with Crippen molar-refractivity contribution in [2.75, 3.05) is 11.9 Å². The molecule has 4 nitrogen and oxygen atoms in total. The number of ether oxygens (including phenoxy) is 2. The summed E-state index contributed by atoms with van der Waals surface area (Å²) in [5, 5.41) is 2.85. The molecule has 0 saturated heterocycles. The highest BCUT2D eigenvalue weighted by atomic mass is 16.5. The van der Waals surface area contributed by atoms with Crippen molar-refractivity contribution in [1.29, 1.82) is 0 Å². The average Bonchev–Trinajstić information content (AvgIpc) is 2.57. The van der Waals surface area contributed by atoms with Crippen molar-refractivity contribution in [1.82, 2.24) is 0 Å². The summed E-state index contributed by atoms with van der Waals surface area (Å²) in [6.07, 6.45) is 0.290. The van der Waals surface area contributed by atoms with E-state index in [2.05, 4.69) is 12.2 Å². The predicted molar refractivity (Wildman–Crippen MR) is 92.2 cm³/mol. The first-order valence-electron chi connectivity index (χ1n) is 7.92. The van der Waals surface area contributed by atoms with Gasteiger partial charge in [0.1, 0.15) is 11.5 Å². The molecule has 0 aliphatic rings. The Labute approximate surface area is 137 Å². The normalized spacial score (nSPS) is 11.6. The fourth-order valence-electron chi connectivity index (χ4n) is 2.20. The quantitative estimate of drug-likeness (QED) is 0.838. The Hall–Kier alpha value is -2.49. The summed E-state index contributed by atoms with van der Waals surface area (Å²) in [6, 6.07) is 15.1. The van der Waals surface area contributed by atoms with E-state index < -0.39 is 6.10 Å². The number of aryl methyl sites for hydroxylation is 1. The monoisotopic (exact) mass is 313 g/mol. The smallest absolute Gasteiger partial charge is 0.265 e. The van der Waals surface area contributed by atoms with Gasteiger partial charge in [0, 0.05) is 5.69 Å². The molecule has 2 aromatic carbocycles. The van der Waals surface area contributed by atoms with Crippen LogP contribution >= 0.6 is 0 Å². The van der Waals surface area contributed by atoms with Crippen LogP contribution < -0.4 is 14.8 Å². The number of carbonyl (C=O) groups is 1. The van der Waals surface area contributed by atoms with Gasteiger partial charge in [-0.1, -0.05) is 25.1 Å². The fraction of sp³-hybridized carbons (Fsp3) is 0.316. The van der Waals surface area contributed by atoms with Crippen LogP contribution in [0.4, 0.5) is 5.69 Å². The summed E-state index contributed by atoms with van der Waals surface area (Å²) in [5.74, 6) is 1.36. The molecule has 2 aromatic rings. The molecule has 0 saturated carbocycles. The van der Waals surface area contributed by atoms with Crippen molar-refractivity contribution >= 4 is 11.6 Å². The molecular weight excluding hydrogens is 290 g/mol. The Kier molecular flexibility index (Phi) is 6.03. The third kappa shape index (κ3) is 4.74. The van der Waals surface area contributed by atoms with E-state index in [1.54, 1.807) is 6.92 Å². The first kappa shape index (κ1) is 16.9. The van der Waals surface area contributed by atoms with E-state index in [4.69, 9.17) is 9.47 Å². The zero-order valence-corrected chi connectivity index (χ0v) is 13.8. The summed E-state index contributed by atoms with van der Waals surface area (Å²) in [7, 11) is 0.